The SMILES string of the molecule is COc1cccc(OC)c1-c1sc(-c2c(OC)cccc2OC(C)C)c2c1OCCO2. The van der Waals surface area contributed by atoms with E-state index < -0.39 is 0 Å². The topological polar surface area (TPSA) is 55.4 Å². The van der Waals surface area contributed by atoms with Crippen molar-refractivity contribution < 1.29 is 28.4 Å². The Balaban J connectivity index is 2.00. The molecule has 0 aliphatic carbocycles. The molecular weight excluding hydrogens is 416 g/mol. The van der Waals surface area contributed by atoms with Crippen LogP contribution in [-0.2, 0) is 0 Å². The molecule has 0 fully saturated rings. The maximum absolute atomic E-state index is 6.12. The second-order valence-corrected chi connectivity index (χ2v) is 8.17. The summed E-state index contributed by atoms with van der Waals surface area (Å²) in [6.07, 6.45) is 0.00703. The second-order valence-electron chi connectivity index (χ2n) is 7.15. The van der Waals surface area contributed by atoms with Crippen LogP contribution in [0.2, 0.25) is 0 Å². The molecule has 0 radical (unpaired) electrons. The van der Waals surface area contributed by atoms with Crippen LogP contribution in [0.25, 0.3) is 20.9 Å². The van der Waals surface area contributed by atoms with Gasteiger partial charge in [-0.25, -0.2) is 0 Å². The first-order chi connectivity index (χ1) is 15.1. The fourth-order valence-electron chi connectivity index (χ4n) is 3.61. The van der Waals surface area contributed by atoms with E-state index in [4.69, 9.17) is 28.4 Å². The maximum atomic E-state index is 6.12. The molecule has 4 rings (SSSR count). The Kier molecular flexibility index (Phi) is 6.13. The third kappa shape index (κ3) is 3.85. The van der Waals surface area contributed by atoms with Crippen molar-refractivity contribution in [2.24, 2.45) is 0 Å². The lowest BCUT2D eigenvalue weighted by molar-refractivity contribution is 0.174. The Morgan fingerprint density at radius 2 is 1.13 bits per heavy atom. The van der Waals surface area contributed by atoms with Crippen LogP contribution in [-0.4, -0.2) is 40.6 Å². The van der Waals surface area contributed by atoms with Gasteiger partial charge in [-0.05, 0) is 38.1 Å². The molecule has 0 saturated heterocycles. The second kappa shape index (κ2) is 8.98. The molecular formula is C24H26O6S. The van der Waals surface area contributed by atoms with Gasteiger partial charge in [-0.2, -0.15) is 0 Å². The molecule has 2 heterocycles. The van der Waals surface area contributed by atoms with Crippen molar-refractivity contribution in [3.63, 3.8) is 0 Å². The standard InChI is InChI=1S/C24H26O6S/c1-14(2)30-18-11-7-10-17(27-5)20(18)24-22-21(28-12-13-29-22)23(31-24)19-15(25-3)8-6-9-16(19)26-4/h6-11,14H,12-13H2,1-5H3. The zero-order chi connectivity index (χ0) is 22.0. The van der Waals surface area contributed by atoms with Gasteiger partial charge in [0, 0.05) is 0 Å². The molecule has 0 N–H and O–H groups in total. The van der Waals surface area contributed by atoms with Gasteiger partial charge < -0.3 is 28.4 Å². The number of rotatable bonds is 7. The van der Waals surface area contributed by atoms with Crippen LogP contribution in [0.5, 0.6) is 34.5 Å². The lowest BCUT2D eigenvalue weighted by atomic mass is 10.1. The lowest BCUT2D eigenvalue weighted by Crippen LogP contribution is -2.15. The zero-order valence-corrected chi connectivity index (χ0v) is 19.1. The Morgan fingerprint density at radius 1 is 0.710 bits per heavy atom. The molecule has 0 unspecified atom stereocenters. The molecule has 6 nitrogen and oxygen atoms in total. The molecule has 164 valence electrons. The third-order valence-electron chi connectivity index (χ3n) is 4.85. The predicted octanol–water partition coefficient (Wildman–Crippen LogP) is 5.67. The monoisotopic (exact) mass is 442 g/mol. The summed E-state index contributed by atoms with van der Waals surface area (Å²) in [6.45, 7) is 4.93. The average molecular weight is 443 g/mol. The number of ether oxygens (including phenoxy) is 6. The largest absolute Gasteiger partial charge is 0.496 e. The van der Waals surface area contributed by atoms with E-state index in [0.717, 1.165) is 26.6 Å². The molecule has 0 saturated carbocycles. The molecule has 0 atom stereocenters. The number of hydrogen-bond donors (Lipinski definition) is 0. The highest BCUT2D eigenvalue weighted by Crippen LogP contribution is 2.59. The highest BCUT2D eigenvalue weighted by Gasteiger charge is 2.32. The van der Waals surface area contributed by atoms with Gasteiger partial charge in [0.1, 0.15) is 36.2 Å². The quantitative estimate of drug-likeness (QED) is 0.470. The Hall–Kier alpha value is -3.06. The Labute approximate surface area is 186 Å². The zero-order valence-electron chi connectivity index (χ0n) is 18.3. The van der Waals surface area contributed by atoms with Gasteiger partial charge >= 0.3 is 0 Å². The van der Waals surface area contributed by atoms with Crippen LogP contribution >= 0.6 is 11.3 Å². The molecule has 7 heteroatoms. The average Bonchev–Trinajstić information content (AvgIpc) is 3.16. The van der Waals surface area contributed by atoms with Crippen molar-refractivity contribution in [1.29, 1.82) is 0 Å². The van der Waals surface area contributed by atoms with E-state index in [1.54, 1.807) is 32.7 Å². The highest BCUT2D eigenvalue weighted by atomic mass is 32.1. The van der Waals surface area contributed by atoms with E-state index in [1.807, 2.05) is 50.2 Å². The summed E-state index contributed by atoms with van der Waals surface area (Å²) >= 11 is 1.54. The first-order valence-electron chi connectivity index (χ1n) is 10.1. The van der Waals surface area contributed by atoms with Crippen LogP contribution in [0.3, 0.4) is 0 Å². The molecule has 0 bridgehead atoms. The molecule has 31 heavy (non-hydrogen) atoms. The molecule has 1 aliphatic heterocycles. The van der Waals surface area contributed by atoms with Crippen molar-refractivity contribution >= 4 is 11.3 Å². The summed E-state index contributed by atoms with van der Waals surface area (Å²) in [6, 6.07) is 11.5. The molecule has 1 aliphatic rings. The van der Waals surface area contributed by atoms with Crippen molar-refractivity contribution in [1.82, 2.24) is 0 Å². The molecule has 2 aromatic carbocycles. The molecule has 1 aromatic heterocycles. The van der Waals surface area contributed by atoms with Gasteiger partial charge in [-0.15, -0.1) is 11.3 Å². The summed E-state index contributed by atoms with van der Waals surface area (Å²) in [7, 11) is 4.94. The predicted molar refractivity (Wildman–Crippen MR) is 122 cm³/mol. The van der Waals surface area contributed by atoms with Gasteiger partial charge in [0.15, 0.2) is 11.5 Å². The van der Waals surface area contributed by atoms with Crippen molar-refractivity contribution in [3.8, 4) is 55.4 Å². The smallest absolute Gasteiger partial charge is 0.180 e. The highest BCUT2D eigenvalue weighted by molar-refractivity contribution is 7.20. The summed E-state index contributed by atoms with van der Waals surface area (Å²) in [5.41, 5.74) is 1.66. The summed E-state index contributed by atoms with van der Waals surface area (Å²) in [5, 5.41) is 0. The van der Waals surface area contributed by atoms with Crippen molar-refractivity contribution in [3.05, 3.63) is 36.4 Å². The van der Waals surface area contributed by atoms with E-state index in [9.17, 15) is 0 Å². The number of hydrogen-bond acceptors (Lipinski definition) is 7. The van der Waals surface area contributed by atoms with Crippen LogP contribution in [0.4, 0.5) is 0 Å². The first kappa shape index (κ1) is 21.2. The lowest BCUT2D eigenvalue weighted by Gasteiger charge is -2.20. The van der Waals surface area contributed by atoms with Crippen LogP contribution in [0.1, 0.15) is 13.8 Å². The van der Waals surface area contributed by atoms with E-state index in [1.165, 1.54) is 0 Å². The molecule has 0 spiro atoms. The Bertz CT molecular complexity index is 1050. The normalized spacial score (nSPS) is 12.6. The van der Waals surface area contributed by atoms with E-state index in [-0.39, 0.29) is 6.10 Å². The van der Waals surface area contributed by atoms with Gasteiger partial charge in [0.25, 0.3) is 0 Å². The van der Waals surface area contributed by atoms with Gasteiger partial charge in [0.2, 0.25) is 0 Å². The maximum Gasteiger partial charge on any atom is 0.180 e. The fourth-order valence-corrected chi connectivity index (χ4v) is 4.91. The van der Waals surface area contributed by atoms with Gasteiger partial charge in [0.05, 0.1) is 48.3 Å². The number of fused-ring (bicyclic) bond motifs is 1. The summed E-state index contributed by atoms with van der Waals surface area (Å²) < 4.78 is 35.3. The van der Waals surface area contributed by atoms with Crippen LogP contribution < -0.4 is 28.4 Å². The van der Waals surface area contributed by atoms with Crippen molar-refractivity contribution in [2.75, 3.05) is 34.5 Å². The minimum absolute atomic E-state index is 0.00703. The van der Waals surface area contributed by atoms with Crippen LogP contribution in [0, 0.1) is 0 Å². The van der Waals surface area contributed by atoms with Crippen molar-refractivity contribution in [2.45, 2.75) is 20.0 Å². The van der Waals surface area contributed by atoms with E-state index >= 15 is 0 Å². The molecule has 3 aromatic rings. The minimum Gasteiger partial charge on any atom is -0.496 e. The van der Waals surface area contributed by atoms with E-state index in [0.29, 0.717) is 42.0 Å². The third-order valence-corrected chi connectivity index (χ3v) is 6.04. The van der Waals surface area contributed by atoms with Gasteiger partial charge in [-0.3, -0.25) is 0 Å². The number of benzene rings is 2. The Morgan fingerprint density at radius 3 is 1.55 bits per heavy atom. The molecule has 0 amide bonds. The summed E-state index contributed by atoms with van der Waals surface area (Å²) in [4.78, 5) is 1.76. The summed E-state index contributed by atoms with van der Waals surface area (Å²) in [5.74, 6) is 4.18. The van der Waals surface area contributed by atoms with Crippen LogP contribution in [0.15, 0.2) is 36.4 Å². The number of methoxy groups -OCH3 is 3. The van der Waals surface area contributed by atoms with E-state index in [2.05, 4.69) is 0 Å². The fraction of sp³-hybridized carbons (Fsp3) is 0.333. The number of thiophene rings is 1. The first-order valence-corrected chi connectivity index (χ1v) is 10.9. The minimum atomic E-state index is 0.00703. The van der Waals surface area contributed by atoms with Gasteiger partial charge in [-0.1, -0.05) is 12.1 Å².